The summed E-state index contributed by atoms with van der Waals surface area (Å²) in [4.78, 5) is 11.1. The molecule has 2 aromatic carbocycles. The first-order valence-electron chi connectivity index (χ1n) is 5.73. The summed E-state index contributed by atoms with van der Waals surface area (Å²) < 4.78 is 21.9. The number of benzene rings is 2. The van der Waals surface area contributed by atoms with E-state index in [9.17, 15) is 9.00 Å². The summed E-state index contributed by atoms with van der Waals surface area (Å²) in [7, 11) is 0. The molecule has 0 bridgehead atoms. The topological polar surface area (TPSA) is 72.8 Å². The van der Waals surface area contributed by atoms with Gasteiger partial charge in [-0.3, -0.25) is 0 Å². The van der Waals surface area contributed by atoms with Gasteiger partial charge >= 0.3 is 17.3 Å². The lowest BCUT2D eigenvalue weighted by atomic mass is 10.1. The molecule has 0 aromatic heterocycles. The summed E-state index contributed by atoms with van der Waals surface area (Å²) in [5.41, 5.74) is 0.724. The fourth-order valence-electron chi connectivity index (χ4n) is 1.52. The first-order chi connectivity index (χ1) is 9.56. The van der Waals surface area contributed by atoms with Gasteiger partial charge in [-0.15, -0.1) is 0 Å². The molecule has 0 aliphatic rings. The van der Waals surface area contributed by atoms with Crippen molar-refractivity contribution in [2.45, 2.75) is 6.92 Å². The third-order valence-corrected chi connectivity index (χ3v) is 3.08. The summed E-state index contributed by atoms with van der Waals surface area (Å²) in [6.07, 6.45) is 0. The van der Waals surface area contributed by atoms with Crippen LogP contribution < -0.4 is 8.37 Å². The number of aryl methyl sites for hydroxylation is 1. The Morgan fingerprint density at radius 3 is 2.45 bits per heavy atom. The predicted octanol–water partition coefficient (Wildman–Crippen LogP) is 2.73. The first kappa shape index (κ1) is 14.1. The van der Waals surface area contributed by atoms with Gasteiger partial charge in [0.2, 0.25) is 0 Å². The maximum absolute atomic E-state index is 11.7. The lowest BCUT2D eigenvalue weighted by Crippen LogP contribution is -2.11. The predicted molar refractivity (Wildman–Crippen MR) is 74.0 cm³/mol. The molecule has 5 nitrogen and oxygen atoms in total. The molecular formula is C14H12O5S. The minimum atomic E-state index is -2.12. The molecule has 2 aromatic rings. The number of carboxylic acids is 1. The van der Waals surface area contributed by atoms with Crippen LogP contribution in [0.5, 0.6) is 11.5 Å². The number of carbonyl (C=O) groups is 1. The second-order valence-corrected chi connectivity index (χ2v) is 4.73. The van der Waals surface area contributed by atoms with E-state index in [4.69, 9.17) is 13.5 Å². The van der Waals surface area contributed by atoms with Gasteiger partial charge in [0.05, 0.1) is 0 Å². The summed E-state index contributed by atoms with van der Waals surface area (Å²) >= 11 is -2.12. The van der Waals surface area contributed by atoms with Crippen LogP contribution in [0.4, 0.5) is 0 Å². The molecule has 0 heterocycles. The maximum Gasteiger partial charge on any atom is 0.417 e. The van der Waals surface area contributed by atoms with E-state index >= 15 is 0 Å². The van der Waals surface area contributed by atoms with Crippen LogP contribution in [0, 0.1) is 6.92 Å². The molecule has 20 heavy (non-hydrogen) atoms. The van der Waals surface area contributed by atoms with E-state index in [1.807, 2.05) is 0 Å². The minimum Gasteiger partial charge on any atom is -0.478 e. The normalized spacial score (nSPS) is 11.7. The van der Waals surface area contributed by atoms with E-state index in [0.717, 1.165) is 5.56 Å². The summed E-state index contributed by atoms with van der Waals surface area (Å²) in [5.74, 6) is -0.779. The van der Waals surface area contributed by atoms with Crippen LogP contribution in [0.3, 0.4) is 0 Å². The number of rotatable bonds is 5. The Bertz CT molecular complexity index is 639. The van der Waals surface area contributed by atoms with Crippen molar-refractivity contribution < 1.29 is 22.5 Å². The van der Waals surface area contributed by atoms with Gasteiger partial charge in [0, 0.05) is 0 Å². The Balaban J connectivity index is 2.15. The van der Waals surface area contributed by atoms with E-state index in [0.29, 0.717) is 5.75 Å². The van der Waals surface area contributed by atoms with Gasteiger partial charge in [0.25, 0.3) is 0 Å². The Kier molecular flexibility index (Phi) is 4.37. The molecule has 0 saturated heterocycles. The zero-order valence-corrected chi connectivity index (χ0v) is 11.4. The van der Waals surface area contributed by atoms with Gasteiger partial charge < -0.3 is 13.5 Å². The van der Waals surface area contributed by atoms with Crippen LogP contribution in [0.1, 0.15) is 15.9 Å². The molecule has 6 heteroatoms. The van der Waals surface area contributed by atoms with Crippen molar-refractivity contribution in [3.63, 3.8) is 0 Å². The molecule has 1 atom stereocenters. The Labute approximate surface area is 118 Å². The maximum atomic E-state index is 11.7. The van der Waals surface area contributed by atoms with Gasteiger partial charge in [-0.1, -0.05) is 24.3 Å². The summed E-state index contributed by atoms with van der Waals surface area (Å²) in [6, 6.07) is 13.0. The number of aromatic carboxylic acids is 1. The van der Waals surface area contributed by atoms with Crippen LogP contribution >= 0.6 is 0 Å². The summed E-state index contributed by atoms with van der Waals surface area (Å²) in [5, 5.41) is 9.04. The average Bonchev–Trinajstić information content (AvgIpc) is 2.39. The molecule has 0 aliphatic heterocycles. The third-order valence-electron chi connectivity index (χ3n) is 2.43. The van der Waals surface area contributed by atoms with Crippen molar-refractivity contribution in [1.29, 1.82) is 0 Å². The first-order valence-corrected chi connectivity index (χ1v) is 6.73. The number of hydrogen-bond acceptors (Lipinski definition) is 4. The molecule has 2 rings (SSSR count). The van der Waals surface area contributed by atoms with Gasteiger partial charge in [-0.2, -0.15) is 4.21 Å². The van der Waals surface area contributed by atoms with Crippen molar-refractivity contribution in [1.82, 2.24) is 0 Å². The molecule has 0 saturated carbocycles. The lowest BCUT2D eigenvalue weighted by Gasteiger charge is -2.08. The number of hydrogen-bond donors (Lipinski definition) is 1. The van der Waals surface area contributed by atoms with Crippen LogP contribution in [-0.2, 0) is 11.4 Å². The highest BCUT2D eigenvalue weighted by Crippen LogP contribution is 2.22. The van der Waals surface area contributed by atoms with Crippen LogP contribution in [0.25, 0.3) is 0 Å². The molecule has 0 aliphatic carbocycles. The smallest absolute Gasteiger partial charge is 0.417 e. The van der Waals surface area contributed by atoms with Gasteiger partial charge in [0.15, 0.2) is 5.75 Å². The molecule has 1 N–H and O–H groups in total. The second-order valence-electron chi connectivity index (χ2n) is 3.99. The van der Waals surface area contributed by atoms with Crippen molar-refractivity contribution in [3.8, 4) is 11.5 Å². The quantitative estimate of drug-likeness (QED) is 0.917. The molecule has 104 valence electrons. The Hall–Kier alpha value is -2.34. The van der Waals surface area contributed by atoms with E-state index < -0.39 is 17.3 Å². The summed E-state index contributed by atoms with van der Waals surface area (Å²) in [6.45, 7) is 1.78. The molecule has 0 spiro atoms. The Morgan fingerprint density at radius 2 is 1.80 bits per heavy atom. The Morgan fingerprint density at radius 1 is 1.10 bits per heavy atom. The van der Waals surface area contributed by atoms with Gasteiger partial charge in [-0.05, 0) is 36.8 Å². The average molecular weight is 292 g/mol. The number of carboxylic acid groups (broad SMARTS) is 1. The van der Waals surface area contributed by atoms with Gasteiger partial charge in [-0.25, -0.2) is 4.79 Å². The van der Waals surface area contributed by atoms with Crippen molar-refractivity contribution in [2.24, 2.45) is 0 Å². The molecule has 0 fully saturated rings. The van der Waals surface area contributed by atoms with E-state index in [1.165, 1.54) is 12.1 Å². The van der Waals surface area contributed by atoms with Crippen molar-refractivity contribution in [3.05, 3.63) is 59.7 Å². The highest BCUT2D eigenvalue weighted by Gasteiger charge is 2.15. The van der Waals surface area contributed by atoms with Crippen LogP contribution in [0.2, 0.25) is 0 Å². The van der Waals surface area contributed by atoms with E-state index in [-0.39, 0.29) is 11.3 Å². The highest BCUT2D eigenvalue weighted by molar-refractivity contribution is 7.75. The number of para-hydroxylation sites is 1. The highest BCUT2D eigenvalue weighted by atomic mass is 32.2. The zero-order valence-electron chi connectivity index (χ0n) is 10.6. The fraction of sp³-hybridized carbons (Fsp3) is 0.0714. The van der Waals surface area contributed by atoms with Crippen LogP contribution in [0.15, 0.2) is 48.5 Å². The lowest BCUT2D eigenvalue weighted by molar-refractivity contribution is 0.0695. The standard InChI is InChI=1S/C14H12O5S/c1-10-7-8-12(14(15)16)13(9-10)19-20(17)18-11-5-3-2-4-6-11/h2-9H,1H3,(H,15,16). The molecular weight excluding hydrogens is 280 g/mol. The zero-order chi connectivity index (χ0) is 14.5. The van der Waals surface area contributed by atoms with E-state index in [2.05, 4.69) is 0 Å². The van der Waals surface area contributed by atoms with Gasteiger partial charge in [0.1, 0.15) is 11.3 Å². The van der Waals surface area contributed by atoms with Crippen LogP contribution in [-0.4, -0.2) is 15.3 Å². The molecule has 0 radical (unpaired) electrons. The minimum absolute atomic E-state index is 0.00626. The van der Waals surface area contributed by atoms with E-state index in [1.54, 1.807) is 43.3 Å². The second kappa shape index (κ2) is 6.21. The molecule has 0 amide bonds. The third kappa shape index (κ3) is 3.58. The molecule has 1 unspecified atom stereocenters. The fourth-order valence-corrected chi connectivity index (χ4v) is 2.11. The van der Waals surface area contributed by atoms with Crippen molar-refractivity contribution >= 4 is 17.3 Å². The largest absolute Gasteiger partial charge is 0.478 e. The SMILES string of the molecule is Cc1ccc(C(=O)O)c(OS(=O)Oc2ccccc2)c1. The monoisotopic (exact) mass is 292 g/mol. The van der Waals surface area contributed by atoms with Crippen molar-refractivity contribution in [2.75, 3.05) is 0 Å².